The van der Waals surface area contributed by atoms with Gasteiger partial charge in [0.15, 0.2) is 5.69 Å². The molecule has 0 aliphatic carbocycles. The van der Waals surface area contributed by atoms with Gasteiger partial charge in [0.1, 0.15) is 16.4 Å². The van der Waals surface area contributed by atoms with E-state index < -0.39 is 5.97 Å². The van der Waals surface area contributed by atoms with Crippen LogP contribution >= 0.6 is 11.8 Å². The van der Waals surface area contributed by atoms with Crippen LogP contribution in [0.3, 0.4) is 0 Å². The van der Waals surface area contributed by atoms with Crippen molar-refractivity contribution in [3.8, 4) is 0 Å². The average Bonchev–Trinajstić information content (AvgIpc) is 2.55. The van der Waals surface area contributed by atoms with Gasteiger partial charge >= 0.3 is 5.97 Å². The lowest BCUT2D eigenvalue weighted by molar-refractivity contribution is 0.0592. The van der Waals surface area contributed by atoms with Gasteiger partial charge in [0, 0.05) is 5.39 Å². The van der Waals surface area contributed by atoms with Crippen LogP contribution in [0.1, 0.15) is 10.5 Å². The van der Waals surface area contributed by atoms with E-state index in [1.54, 1.807) is 6.20 Å². The van der Waals surface area contributed by atoms with Crippen molar-refractivity contribution < 1.29 is 9.53 Å². The maximum atomic E-state index is 11.5. The van der Waals surface area contributed by atoms with Crippen molar-refractivity contribution in [3.63, 3.8) is 0 Å². The predicted molar refractivity (Wildman–Crippen MR) is 77.0 cm³/mol. The first-order chi connectivity index (χ1) is 10.3. The van der Waals surface area contributed by atoms with Gasteiger partial charge in [0.25, 0.3) is 0 Å². The van der Waals surface area contributed by atoms with Crippen molar-refractivity contribution in [1.29, 1.82) is 0 Å². The Morgan fingerprint density at radius 1 is 1.19 bits per heavy atom. The summed E-state index contributed by atoms with van der Waals surface area (Å²) < 4.78 is 4.64. The van der Waals surface area contributed by atoms with Crippen LogP contribution in [0.2, 0.25) is 0 Å². The minimum Gasteiger partial charge on any atom is -0.464 e. The molecular formula is C14H10N4O2S. The van der Waals surface area contributed by atoms with Gasteiger partial charge in [-0.2, -0.15) is 0 Å². The molecule has 2 aromatic heterocycles. The summed E-state index contributed by atoms with van der Waals surface area (Å²) in [4.78, 5) is 28.2. The number of methoxy groups -OCH3 is 1. The van der Waals surface area contributed by atoms with Gasteiger partial charge in [-0.1, -0.05) is 18.2 Å². The van der Waals surface area contributed by atoms with Crippen LogP contribution in [0.25, 0.3) is 10.9 Å². The lowest BCUT2D eigenvalue weighted by Crippen LogP contribution is -2.05. The molecule has 0 radical (unpaired) electrons. The number of rotatable bonds is 3. The predicted octanol–water partition coefficient (Wildman–Crippen LogP) is 2.36. The zero-order valence-electron chi connectivity index (χ0n) is 11.1. The van der Waals surface area contributed by atoms with Crippen LogP contribution in [-0.2, 0) is 4.74 Å². The number of benzene rings is 1. The first kappa shape index (κ1) is 13.4. The van der Waals surface area contributed by atoms with E-state index >= 15 is 0 Å². The van der Waals surface area contributed by atoms with Crippen molar-refractivity contribution in [2.45, 2.75) is 10.1 Å². The molecule has 0 saturated carbocycles. The van der Waals surface area contributed by atoms with Crippen LogP contribution in [0, 0.1) is 0 Å². The summed E-state index contributed by atoms with van der Waals surface area (Å²) in [5, 5.41) is 2.26. The highest BCUT2D eigenvalue weighted by atomic mass is 32.2. The summed E-state index contributed by atoms with van der Waals surface area (Å²) in [5.74, 6) is -0.516. The highest BCUT2D eigenvalue weighted by Crippen LogP contribution is 2.29. The molecule has 1 aromatic carbocycles. The lowest BCUT2D eigenvalue weighted by atomic mass is 10.2. The highest BCUT2D eigenvalue weighted by molar-refractivity contribution is 7.99. The Morgan fingerprint density at radius 3 is 2.90 bits per heavy atom. The average molecular weight is 298 g/mol. The fraction of sp³-hybridized carbons (Fsp3) is 0.0714. The second kappa shape index (κ2) is 5.84. The molecule has 0 fully saturated rings. The van der Waals surface area contributed by atoms with E-state index in [4.69, 9.17) is 0 Å². The number of para-hydroxylation sites is 1. The molecule has 2 heterocycles. The van der Waals surface area contributed by atoms with Crippen molar-refractivity contribution >= 4 is 28.6 Å². The summed E-state index contributed by atoms with van der Waals surface area (Å²) in [6, 6.07) is 7.70. The first-order valence-electron chi connectivity index (χ1n) is 6.06. The second-order valence-electron chi connectivity index (χ2n) is 4.03. The summed E-state index contributed by atoms with van der Waals surface area (Å²) in [5.41, 5.74) is 1.02. The molecule has 0 aliphatic rings. The minimum atomic E-state index is -0.516. The van der Waals surface area contributed by atoms with Gasteiger partial charge in [-0.15, -0.1) is 0 Å². The number of nitrogens with zero attached hydrogens (tertiary/aromatic N) is 4. The molecule has 6 nitrogen and oxygen atoms in total. The SMILES string of the molecule is COC(=O)c1cncc(Sc2ncnc3ccccc23)n1. The van der Waals surface area contributed by atoms with E-state index in [2.05, 4.69) is 24.7 Å². The second-order valence-corrected chi connectivity index (χ2v) is 5.04. The van der Waals surface area contributed by atoms with Gasteiger partial charge in [-0.3, -0.25) is 4.98 Å². The van der Waals surface area contributed by atoms with Crippen LogP contribution in [0.5, 0.6) is 0 Å². The smallest absolute Gasteiger partial charge is 0.358 e. The molecule has 3 aromatic rings. The topological polar surface area (TPSA) is 77.9 Å². The first-order valence-corrected chi connectivity index (χ1v) is 6.87. The number of hydrogen-bond acceptors (Lipinski definition) is 7. The normalized spacial score (nSPS) is 10.5. The Kier molecular flexibility index (Phi) is 3.74. The summed E-state index contributed by atoms with van der Waals surface area (Å²) in [6.07, 6.45) is 4.45. The number of hydrogen-bond donors (Lipinski definition) is 0. The third-order valence-electron chi connectivity index (χ3n) is 2.71. The molecule has 0 saturated heterocycles. The molecule has 0 unspecified atom stereocenters. The number of ether oxygens (including phenoxy) is 1. The maximum absolute atomic E-state index is 11.5. The van der Waals surface area contributed by atoms with E-state index in [9.17, 15) is 4.79 Å². The van der Waals surface area contributed by atoms with Crippen LogP contribution in [-0.4, -0.2) is 33.0 Å². The zero-order valence-corrected chi connectivity index (χ0v) is 11.9. The largest absolute Gasteiger partial charge is 0.464 e. The van der Waals surface area contributed by atoms with Gasteiger partial charge < -0.3 is 4.74 Å². The Hall–Kier alpha value is -2.54. The summed E-state index contributed by atoms with van der Waals surface area (Å²) in [6.45, 7) is 0. The van der Waals surface area contributed by atoms with E-state index in [0.717, 1.165) is 15.9 Å². The number of aromatic nitrogens is 4. The fourth-order valence-electron chi connectivity index (χ4n) is 1.76. The van der Waals surface area contributed by atoms with Crippen molar-refractivity contribution in [2.75, 3.05) is 7.11 Å². The summed E-state index contributed by atoms with van der Waals surface area (Å²) in [7, 11) is 1.31. The van der Waals surface area contributed by atoms with Crippen LogP contribution < -0.4 is 0 Å². The number of fused-ring (bicyclic) bond motifs is 1. The Bertz CT molecular complexity index is 804. The summed E-state index contributed by atoms with van der Waals surface area (Å²) >= 11 is 1.33. The number of carbonyl (C=O) groups is 1. The molecule has 0 amide bonds. The third-order valence-corrected chi connectivity index (χ3v) is 3.64. The van der Waals surface area contributed by atoms with Gasteiger partial charge in [-0.25, -0.2) is 19.7 Å². The van der Waals surface area contributed by atoms with Gasteiger partial charge in [0.2, 0.25) is 0 Å². The Labute approximate surface area is 124 Å². The minimum absolute atomic E-state index is 0.167. The molecule has 0 bridgehead atoms. The molecule has 104 valence electrons. The monoisotopic (exact) mass is 298 g/mol. The van der Waals surface area contributed by atoms with E-state index in [1.165, 1.54) is 31.4 Å². The van der Waals surface area contributed by atoms with E-state index in [0.29, 0.717) is 5.03 Å². The Morgan fingerprint density at radius 2 is 2.05 bits per heavy atom. The molecular weight excluding hydrogens is 288 g/mol. The molecule has 0 aliphatic heterocycles. The molecule has 7 heteroatoms. The van der Waals surface area contributed by atoms with Crippen molar-refractivity contribution in [2.24, 2.45) is 0 Å². The van der Waals surface area contributed by atoms with E-state index in [1.807, 2.05) is 24.3 Å². The van der Waals surface area contributed by atoms with Gasteiger partial charge in [-0.05, 0) is 17.8 Å². The zero-order chi connectivity index (χ0) is 14.7. The van der Waals surface area contributed by atoms with Crippen molar-refractivity contribution in [1.82, 2.24) is 19.9 Å². The highest BCUT2D eigenvalue weighted by Gasteiger charge is 2.11. The van der Waals surface area contributed by atoms with Crippen LogP contribution in [0.15, 0.2) is 53.0 Å². The molecule has 3 rings (SSSR count). The Balaban J connectivity index is 1.97. The lowest BCUT2D eigenvalue weighted by Gasteiger charge is -2.04. The molecule has 0 N–H and O–H groups in total. The molecule has 0 spiro atoms. The number of carbonyl (C=O) groups excluding carboxylic acids is 1. The van der Waals surface area contributed by atoms with Crippen LogP contribution in [0.4, 0.5) is 0 Å². The molecule has 0 atom stereocenters. The molecule has 21 heavy (non-hydrogen) atoms. The van der Waals surface area contributed by atoms with E-state index in [-0.39, 0.29) is 5.69 Å². The van der Waals surface area contributed by atoms with Gasteiger partial charge in [0.05, 0.1) is 25.0 Å². The maximum Gasteiger partial charge on any atom is 0.358 e. The quantitative estimate of drug-likeness (QED) is 0.542. The fourth-order valence-corrected chi connectivity index (χ4v) is 2.60. The van der Waals surface area contributed by atoms with Crippen molar-refractivity contribution in [3.05, 3.63) is 48.7 Å². The standard InChI is InChI=1S/C14H10N4O2S/c1-20-14(19)11-6-15-7-12(18-11)21-13-9-4-2-3-5-10(9)16-8-17-13/h2-8H,1H3. The number of esters is 1. The third kappa shape index (κ3) is 2.82.